The Labute approximate surface area is 114 Å². The monoisotopic (exact) mass is 258 g/mol. The predicted molar refractivity (Wildman–Crippen MR) is 79.5 cm³/mol. The van der Waals surface area contributed by atoms with Crippen LogP contribution in [0.25, 0.3) is 11.0 Å². The predicted octanol–water partition coefficient (Wildman–Crippen LogP) is 2.85. The van der Waals surface area contributed by atoms with E-state index < -0.39 is 0 Å². The second kappa shape index (κ2) is 4.85. The number of para-hydroxylation sites is 2. The van der Waals surface area contributed by atoms with Gasteiger partial charge in [-0.15, -0.1) is 0 Å². The molecule has 2 aromatic rings. The summed E-state index contributed by atoms with van der Waals surface area (Å²) in [4.78, 5) is 10.3. The van der Waals surface area contributed by atoms with Crippen LogP contribution in [0.5, 0.6) is 0 Å². The molecule has 102 valence electrons. The van der Waals surface area contributed by atoms with Gasteiger partial charge in [-0.3, -0.25) is 0 Å². The van der Waals surface area contributed by atoms with Crippen LogP contribution in [-0.2, 0) is 0 Å². The highest BCUT2D eigenvalue weighted by Gasteiger charge is 2.35. The summed E-state index contributed by atoms with van der Waals surface area (Å²) in [5.74, 6) is 0.884. The van der Waals surface area contributed by atoms with Crippen molar-refractivity contribution in [1.82, 2.24) is 14.9 Å². The first kappa shape index (κ1) is 12.5. The Bertz CT molecular complexity index is 519. The molecular formula is C15H22N4. The number of H-pyrrole nitrogens is 1. The molecule has 0 amide bonds. The highest BCUT2D eigenvalue weighted by atomic mass is 15.2. The summed E-state index contributed by atoms with van der Waals surface area (Å²) in [6.45, 7) is 0.958. The van der Waals surface area contributed by atoms with E-state index >= 15 is 0 Å². The summed E-state index contributed by atoms with van der Waals surface area (Å²) >= 11 is 0. The lowest BCUT2D eigenvalue weighted by molar-refractivity contribution is 0.172. The van der Waals surface area contributed by atoms with Crippen molar-refractivity contribution < 1.29 is 0 Å². The van der Waals surface area contributed by atoms with Crippen LogP contribution in [0.1, 0.15) is 25.7 Å². The van der Waals surface area contributed by atoms with Crippen molar-refractivity contribution in [3.05, 3.63) is 24.3 Å². The van der Waals surface area contributed by atoms with Gasteiger partial charge >= 0.3 is 0 Å². The molecular weight excluding hydrogens is 236 g/mol. The van der Waals surface area contributed by atoms with E-state index in [1.165, 1.54) is 25.7 Å². The summed E-state index contributed by atoms with van der Waals surface area (Å²) in [7, 11) is 4.37. The zero-order valence-corrected chi connectivity index (χ0v) is 11.7. The number of nitrogens with one attached hydrogen (secondary N) is 2. The number of rotatable bonds is 4. The summed E-state index contributed by atoms with van der Waals surface area (Å²) < 4.78 is 0. The minimum Gasteiger partial charge on any atom is -0.354 e. The topological polar surface area (TPSA) is 44.0 Å². The van der Waals surface area contributed by atoms with E-state index in [-0.39, 0.29) is 0 Å². The summed E-state index contributed by atoms with van der Waals surface area (Å²) in [6.07, 6.45) is 5.21. The van der Waals surface area contributed by atoms with Crippen molar-refractivity contribution in [2.45, 2.75) is 31.2 Å². The standard InChI is InChI=1S/C15H22N4/c1-19(2)15(9-5-6-10-15)11-16-14-17-12-7-3-4-8-13(12)18-14/h3-4,7-8H,5-6,9-11H2,1-2H3,(H2,16,17,18). The van der Waals surface area contributed by atoms with Crippen LogP contribution >= 0.6 is 0 Å². The van der Waals surface area contributed by atoms with E-state index in [0.717, 1.165) is 23.5 Å². The third-order valence-electron chi connectivity index (χ3n) is 4.46. The Kier molecular flexibility index (Phi) is 3.19. The number of hydrogen-bond acceptors (Lipinski definition) is 3. The van der Waals surface area contributed by atoms with Crippen LogP contribution in [0.4, 0.5) is 5.95 Å². The Balaban J connectivity index is 1.74. The molecule has 1 aliphatic rings. The molecule has 0 atom stereocenters. The van der Waals surface area contributed by atoms with Crippen molar-refractivity contribution >= 4 is 17.0 Å². The zero-order valence-electron chi connectivity index (χ0n) is 11.7. The van der Waals surface area contributed by atoms with Gasteiger partial charge in [0.1, 0.15) is 0 Å². The number of fused-ring (bicyclic) bond motifs is 1. The van der Waals surface area contributed by atoms with Crippen LogP contribution < -0.4 is 5.32 Å². The normalized spacial score (nSPS) is 18.3. The first-order chi connectivity index (χ1) is 9.20. The van der Waals surface area contributed by atoms with Crippen molar-refractivity contribution in [1.29, 1.82) is 0 Å². The number of aromatic nitrogens is 2. The molecule has 2 N–H and O–H groups in total. The Morgan fingerprint density at radius 1 is 1.26 bits per heavy atom. The molecule has 0 saturated heterocycles. The van der Waals surface area contributed by atoms with Crippen LogP contribution in [0.3, 0.4) is 0 Å². The largest absolute Gasteiger partial charge is 0.354 e. The second-order valence-corrected chi connectivity index (χ2v) is 5.78. The van der Waals surface area contributed by atoms with Gasteiger partial charge in [-0.25, -0.2) is 4.98 Å². The molecule has 1 fully saturated rings. The molecule has 1 saturated carbocycles. The van der Waals surface area contributed by atoms with Crippen LogP contribution in [0.15, 0.2) is 24.3 Å². The fourth-order valence-electron chi connectivity index (χ4n) is 3.10. The van der Waals surface area contributed by atoms with Crippen molar-refractivity contribution in [3.63, 3.8) is 0 Å². The third-order valence-corrected chi connectivity index (χ3v) is 4.46. The van der Waals surface area contributed by atoms with Gasteiger partial charge < -0.3 is 15.2 Å². The van der Waals surface area contributed by atoms with E-state index in [1.54, 1.807) is 0 Å². The molecule has 1 heterocycles. The average molecular weight is 258 g/mol. The molecule has 0 radical (unpaired) electrons. The number of imidazole rings is 1. The van der Waals surface area contributed by atoms with Gasteiger partial charge in [0.15, 0.2) is 0 Å². The van der Waals surface area contributed by atoms with Gasteiger partial charge in [0, 0.05) is 12.1 Å². The summed E-state index contributed by atoms with van der Waals surface area (Å²) in [6, 6.07) is 8.15. The maximum absolute atomic E-state index is 4.58. The van der Waals surface area contributed by atoms with Gasteiger partial charge in [0.05, 0.1) is 11.0 Å². The minimum atomic E-state index is 0.291. The number of hydrogen-bond donors (Lipinski definition) is 2. The van der Waals surface area contributed by atoms with Gasteiger partial charge in [-0.2, -0.15) is 0 Å². The third kappa shape index (κ3) is 2.32. The summed E-state index contributed by atoms with van der Waals surface area (Å²) in [5, 5.41) is 3.49. The molecule has 0 aliphatic heterocycles. The van der Waals surface area contributed by atoms with Gasteiger partial charge in [-0.1, -0.05) is 25.0 Å². The van der Waals surface area contributed by atoms with Crippen LogP contribution in [0, 0.1) is 0 Å². The molecule has 0 spiro atoms. The molecule has 3 rings (SSSR count). The maximum Gasteiger partial charge on any atom is 0.201 e. The van der Waals surface area contributed by atoms with Crippen LogP contribution in [-0.4, -0.2) is 41.0 Å². The smallest absolute Gasteiger partial charge is 0.201 e. The van der Waals surface area contributed by atoms with Crippen LogP contribution in [0.2, 0.25) is 0 Å². The quantitative estimate of drug-likeness (QED) is 0.886. The fourth-order valence-corrected chi connectivity index (χ4v) is 3.10. The average Bonchev–Trinajstić information content (AvgIpc) is 3.03. The maximum atomic E-state index is 4.58. The Hall–Kier alpha value is -1.55. The fraction of sp³-hybridized carbons (Fsp3) is 0.533. The number of nitrogens with zero attached hydrogens (tertiary/aromatic N) is 2. The van der Waals surface area contributed by atoms with Gasteiger partial charge in [0.2, 0.25) is 5.95 Å². The second-order valence-electron chi connectivity index (χ2n) is 5.78. The van der Waals surface area contributed by atoms with E-state index in [0.29, 0.717) is 5.54 Å². The molecule has 4 nitrogen and oxygen atoms in total. The molecule has 19 heavy (non-hydrogen) atoms. The Morgan fingerprint density at radius 2 is 2.00 bits per heavy atom. The van der Waals surface area contributed by atoms with Crippen molar-refractivity contribution in [2.24, 2.45) is 0 Å². The lowest BCUT2D eigenvalue weighted by Gasteiger charge is -2.36. The zero-order chi connectivity index (χ0) is 13.3. The number of benzene rings is 1. The van der Waals surface area contributed by atoms with Crippen molar-refractivity contribution in [2.75, 3.05) is 26.0 Å². The van der Waals surface area contributed by atoms with E-state index in [4.69, 9.17) is 0 Å². The first-order valence-corrected chi connectivity index (χ1v) is 7.06. The van der Waals surface area contributed by atoms with Crippen molar-refractivity contribution in [3.8, 4) is 0 Å². The van der Waals surface area contributed by atoms with E-state index in [9.17, 15) is 0 Å². The highest BCUT2D eigenvalue weighted by Crippen LogP contribution is 2.33. The molecule has 1 aromatic heterocycles. The summed E-state index contributed by atoms with van der Waals surface area (Å²) in [5.41, 5.74) is 2.41. The first-order valence-electron chi connectivity index (χ1n) is 7.06. The highest BCUT2D eigenvalue weighted by molar-refractivity contribution is 5.77. The van der Waals surface area contributed by atoms with E-state index in [2.05, 4.69) is 40.3 Å². The molecule has 1 aliphatic carbocycles. The molecule has 0 bridgehead atoms. The van der Waals surface area contributed by atoms with E-state index in [1.807, 2.05) is 18.2 Å². The minimum absolute atomic E-state index is 0.291. The number of anilines is 1. The SMILES string of the molecule is CN(C)C1(CNc2nc3ccccc3[nH]2)CCCC1. The number of aromatic amines is 1. The van der Waals surface area contributed by atoms with Gasteiger partial charge in [0.25, 0.3) is 0 Å². The lowest BCUT2D eigenvalue weighted by Crippen LogP contribution is -2.47. The molecule has 1 aromatic carbocycles. The van der Waals surface area contributed by atoms with Gasteiger partial charge in [-0.05, 0) is 39.1 Å². The lowest BCUT2D eigenvalue weighted by atomic mass is 9.96. The number of likely N-dealkylation sites (N-methyl/N-ethyl adjacent to an activating group) is 1. The Morgan fingerprint density at radius 3 is 2.68 bits per heavy atom. The molecule has 4 heteroatoms. The molecule has 0 unspecified atom stereocenters.